The van der Waals surface area contributed by atoms with Gasteiger partial charge in [0.25, 0.3) is 0 Å². The molecule has 0 aliphatic heterocycles. The van der Waals surface area contributed by atoms with Gasteiger partial charge in [0.1, 0.15) is 0 Å². The standard InChI is InChI=1S/C12H15ClFN/c1-8-4-2-6-10(8)15-11-7-3-5-9(13)12(11)14/h3,5,7-8,10,15H,2,4,6H2,1H3. The summed E-state index contributed by atoms with van der Waals surface area (Å²) >= 11 is 5.72. The number of hydrogen-bond donors (Lipinski definition) is 1. The third kappa shape index (κ3) is 2.25. The van der Waals surface area contributed by atoms with E-state index in [0.29, 0.717) is 17.6 Å². The average Bonchev–Trinajstić information content (AvgIpc) is 2.60. The van der Waals surface area contributed by atoms with Crippen LogP contribution in [0.4, 0.5) is 10.1 Å². The van der Waals surface area contributed by atoms with Crippen LogP contribution >= 0.6 is 11.6 Å². The molecule has 0 saturated heterocycles. The molecule has 2 rings (SSSR count). The molecule has 0 aromatic heterocycles. The molecule has 1 aliphatic carbocycles. The van der Waals surface area contributed by atoms with Gasteiger partial charge in [-0.1, -0.05) is 31.0 Å². The van der Waals surface area contributed by atoms with Crippen molar-refractivity contribution in [3.63, 3.8) is 0 Å². The van der Waals surface area contributed by atoms with Gasteiger partial charge in [-0.05, 0) is 30.9 Å². The van der Waals surface area contributed by atoms with Crippen molar-refractivity contribution in [3.05, 3.63) is 29.0 Å². The third-order valence-corrected chi connectivity index (χ3v) is 3.45. The van der Waals surface area contributed by atoms with Gasteiger partial charge < -0.3 is 5.32 Å². The molecule has 2 atom stereocenters. The van der Waals surface area contributed by atoms with E-state index in [1.165, 1.54) is 12.8 Å². The molecule has 1 saturated carbocycles. The summed E-state index contributed by atoms with van der Waals surface area (Å²) in [6, 6.07) is 5.47. The zero-order valence-electron chi connectivity index (χ0n) is 8.76. The molecule has 0 spiro atoms. The lowest BCUT2D eigenvalue weighted by Crippen LogP contribution is -2.22. The highest BCUT2D eigenvalue weighted by molar-refractivity contribution is 6.31. The van der Waals surface area contributed by atoms with E-state index in [1.54, 1.807) is 18.2 Å². The first kappa shape index (κ1) is 10.7. The number of nitrogens with one attached hydrogen (secondary N) is 1. The van der Waals surface area contributed by atoms with Gasteiger partial charge in [0.2, 0.25) is 0 Å². The molecule has 15 heavy (non-hydrogen) atoms. The summed E-state index contributed by atoms with van der Waals surface area (Å²) in [5.41, 5.74) is 0.529. The van der Waals surface area contributed by atoms with Crippen molar-refractivity contribution in [2.45, 2.75) is 32.2 Å². The predicted octanol–water partition coefficient (Wildman–Crippen LogP) is 4.08. The molecule has 1 fully saturated rings. The van der Waals surface area contributed by atoms with Crippen LogP contribution in [-0.4, -0.2) is 6.04 Å². The van der Waals surface area contributed by atoms with Crippen molar-refractivity contribution in [2.24, 2.45) is 5.92 Å². The molecule has 82 valence electrons. The van der Waals surface area contributed by atoms with Crippen LogP contribution in [0.15, 0.2) is 18.2 Å². The molecule has 3 heteroatoms. The van der Waals surface area contributed by atoms with Crippen LogP contribution in [0.5, 0.6) is 0 Å². The Labute approximate surface area is 94.6 Å². The fraction of sp³-hybridized carbons (Fsp3) is 0.500. The highest BCUT2D eigenvalue weighted by atomic mass is 35.5. The smallest absolute Gasteiger partial charge is 0.164 e. The SMILES string of the molecule is CC1CCCC1Nc1cccc(Cl)c1F. The van der Waals surface area contributed by atoms with Crippen LogP contribution in [0.2, 0.25) is 5.02 Å². The summed E-state index contributed by atoms with van der Waals surface area (Å²) in [6.07, 6.45) is 3.56. The van der Waals surface area contributed by atoms with Crippen LogP contribution < -0.4 is 5.32 Å². The maximum atomic E-state index is 13.6. The second-order valence-corrected chi connectivity index (χ2v) is 4.67. The molecular weight excluding hydrogens is 213 g/mol. The van der Waals surface area contributed by atoms with Gasteiger partial charge in [-0.2, -0.15) is 0 Å². The topological polar surface area (TPSA) is 12.0 Å². The fourth-order valence-electron chi connectivity index (χ4n) is 2.17. The highest BCUT2D eigenvalue weighted by Crippen LogP contribution is 2.30. The summed E-state index contributed by atoms with van der Waals surface area (Å²) in [5, 5.41) is 3.43. The van der Waals surface area contributed by atoms with Gasteiger partial charge in [-0.15, -0.1) is 0 Å². The van der Waals surface area contributed by atoms with Crippen LogP contribution in [0.1, 0.15) is 26.2 Å². The maximum absolute atomic E-state index is 13.6. The molecule has 1 aromatic carbocycles. The van der Waals surface area contributed by atoms with E-state index in [0.717, 1.165) is 6.42 Å². The molecule has 0 bridgehead atoms. The largest absolute Gasteiger partial charge is 0.380 e. The molecule has 1 aliphatic rings. The minimum absolute atomic E-state index is 0.186. The van der Waals surface area contributed by atoms with E-state index >= 15 is 0 Å². The van der Waals surface area contributed by atoms with Crippen molar-refractivity contribution in [2.75, 3.05) is 5.32 Å². The zero-order valence-corrected chi connectivity index (χ0v) is 9.52. The van der Waals surface area contributed by atoms with Gasteiger partial charge in [-0.25, -0.2) is 4.39 Å². The normalized spacial score (nSPS) is 25.5. The van der Waals surface area contributed by atoms with Gasteiger partial charge >= 0.3 is 0 Å². The molecule has 0 amide bonds. The number of anilines is 1. The summed E-state index contributed by atoms with van der Waals surface area (Å²) in [5.74, 6) is 0.279. The summed E-state index contributed by atoms with van der Waals surface area (Å²) in [7, 11) is 0. The number of benzene rings is 1. The van der Waals surface area contributed by atoms with Crippen molar-refractivity contribution in [3.8, 4) is 0 Å². The lowest BCUT2D eigenvalue weighted by atomic mass is 10.1. The quantitative estimate of drug-likeness (QED) is 0.803. The van der Waals surface area contributed by atoms with Crippen LogP contribution in [0.25, 0.3) is 0 Å². The molecule has 0 heterocycles. The maximum Gasteiger partial charge on any atom is 0.164 e. The zero-order chi connectivity index (χ0) is 10.8. The Balaban J connectivity index is 2.13. The van der Waals surface area contributed by atoms with Crippen molar-refractivity contribution >= 4 is 17.3 Å². The second-order valence-electron chi connectivity index (χ2n) is 4.26. The van der Waals surface area contributed by atoms with Crippen molar-refractivity contribution < 1.29 is 4.39 Å². The van der Waals surface area contributed by atoms with Crippen molar-refractivity contribution in [1.29, 1.82) is 0 Å². The first-order valence-electron chi connectivity index (χ1n) is 5.39. The first-order chi connectivity index (χ1) is 7.18. The molecular formula is C12H15ClFN. The van der Waals surface area contributed by atoms with Crippen LogP contribution in [0, 0.1) is 11.7 Å². The Morgan fingerprint density at radius 2 is 2.20 bits per heavy atom. The van der Waals surface area contributed by atoms with Crippen LogP contribution in [-0.2, 0) is 0 Å². The minimum atomic E-state index is -0.335. The van der Waals surface area contributed by atoms with E-state index in [4.69, 9.17) is 11.6 Å². The molecule has 0 radical (unpaired) electrons. The van der Waals surface area contributed by atoms with E-state index in [9.17, 15) is 4.39 Å². The predicted molar refractivity (Wildman–Crippen MR) is 61.8 cm³/mol. The van der Waals surface area contributed by atoms with Gasteiger partial charge in [0, 0.05) is 6.04 Å². The van der Waals surface area contributed by atoms with E-state index in [1.807, 2.05) is 0 Å². The summed E-state index contributed by atoms with van der Waals surface area (Å²) in [4.78, 5) is 0. The molecule has 1 N–H and O–H groups in total. The van der Waals surface area contributed by atoms with E-state index in [-0.39, 0.29) is 10.8 Å². The Morgan fingerprint density at radius 1 is 1.40 bits per heavy atom. The van der Waals surface area contributed by atoms with Gasteiger partial charge in [-0.3, -0.25) is 0 Å². The molecule has 1 aromatic rings. The van der Waals surface area contributed by atoms with E-state index in [2.05, 4.69) is 12.2 Å². The number of halogens is 2. The second kappa shape index (κ2) is 4.40. The Kier molecular flexibility index (Phi) is 3.15. The average molecular weight is 228 g/mol. The summed E-state index contributed by atoms with van der Waals surface area (Å²) in [6.45, 7) is 2.20. The van der Waals surface area contributed by atoms with Crippen molar-refractivity contribution in [1.82, 2.24) is 0 Å². The molecule has 1 nitrogen and oxygen atoms in total. The minimum Gasteiger partial charge on any atom is -0.380 e. The van der Waals surface area contributed by atoms with Gasteiger partial charge in [0.15, 0.2) is 5.82 Å². The lowest BCUT2D eigenvalue weighted by Gasteiger charge is -2.19. The summed E-state index contributed by atoms with van der Waals surface area (Å²) < 4.78 is 13.6. The highest BCUT2D eigenvalue weighted by Gasteiger charge is 2.23. The first-order valence-corrected chi connectivity index (χ1v) is 5.77. The monoisotopic (exact) mass is 227 g/mol. The lowest BCUT2D eigenvalue weighted by molar-refractivity contribution is 0.549. The Morgan fingerprint density at radius 3 is 2.87 bits per heavy atom. The van der Waals surface area contributed by atoms with E-state index < -0.39 is 0 Å². The number of rotatable bonds is 2. The van der Waals surface area contributed by atoms with Crippen LogP contribution in [0.3, 0.4) is 0 Å². The Hall–Kier alpha value is -0.760. The fourth-order valence-corrected chi connectivity index (χ4v) is 2.35. The molecule has 2 unspecified atom stereocenters. The van der Waals surface area contributed by atoms with Gasteiger partial charge in [0.05, 0.1) is 10.7 Å². The number of hydrogen-bond acceptors (Lipinski definition) is 1. The third-order valence-electron chi connectivity index (χ3n) is 3.15. The Bertz CT molecular complexity index is 353.